The van der Waals surface area contributed by atoms with E-state index in [-0.39, 0.29) is 0 Å². The van der Waals surface area contributed by atoms with Crippen LogP contribution in [0.3, 0.4) is 0 Å². The highest BCUT2D eigenvalue weighted by Gasteiger charge is 2.23. The molecule has 0 N–H and O–H groups in total. The molecule has 25 heavy (non-hydrogen) atoms. The largest absolute Gasteiger partial charge is 0.488 e. The van der Waals surface area contributed by atoms with Crippen LogP contribution in [0.2, 0.25) is 0 Å². The zero-order valence-electron chi connectivity index (χ0n) is 13.5. The average Bonchev–Trinajstić information content (AvgIpc) is 3.22. The number of ether oxygens (including phenoxy) is 1. The molecule has 0 fully saturated rings. The van der Waals surface area contributed by atoms with Crippen LogP contribution in [-0.4, -0.2) is 4.98 Å². The first kappa shape index (κ1) is 14.4. The molecule has 0 radical (unpaired) electrons. The van der Waals surface area contributed by atoms with E-state index in [9.17, 15) is 0 Å². The van der Waals surface area contributed by atoms with E-state index < -0.39 is 0 Å². The molecule has 120 valence electrons. The Morgan fingerprint density at radius 1 is 0.840 bits per heavy atom. The van der Waals surface area contributed by atoms with Gasteiger partial charge in [-0.3, -0.25) is 0 Å². The minimum atomic E-state index is 0.555. The zero-order chi connectivity index (χ0) is 16.6. The smallest absolute Gasteiger partial charge is 0.129 e. The summed E-state index contributed by atoms with van der Waals surface area (Å²) in [7, 11) is 0. The first-order valence-electron chi connectivity index (χ1n) is 8.24. The molecule has 0 amide bonds. The number of para-hydroxylation sites is 1. The Hall–Kier alpha value is -2.91. The molecule has 3 heteroatoms. The second kappa shape index (κ2) is 5.87. The fourth-order valence-corrected chi connectivity index (χ4v) is 3.97. The molecule has 1 aliphatic heterocycles. The number of pyridine rings is 1. The van der Waals surface area contributed by atoms with Gasteiger partial charge >= 0.3 is 0 Å². The molecule has 0 spiro atoms. The maximum absolute atomic E-state index is 6.00. The summed E-state index contributed by atoms with van der Waals surface area (Å²) in [5.74, 6) is 0.906. The molecule has 2 aromatic carbocycles. The molecule has 0 bridgehead atoms. The van der Waals surface area contributed by atoms with Gasteiger partial charge in [-0.25, -0.2) is 4.98 Å². The summed E-state index contributed by atoms with van der Waals surface area (Å²) >= 11 is 1.71. The lowest BCUT2D eigenvalue weighted by molar-refractivity contribution is 0.302. The number of fused-ring (bicyclic) bond motifs is 3. The summed E-state index contributed by atoms with van der Waals surface area (Å²) in [4.78, 5) is 5.02. The van der Waals surface area contributed by atoms with Gasteiger partial charge in [0.2, 0.25) is 0 Å². The number of aromatic nitrogens is 1. The van der Waals surface area contributed by atoms with Crippen molar-refractivity contribution in [2.45, 2.75) is 6.61 Å². The van der Waals surface area contributed by atoms with E-state index >= 15 is 0 Å². The van der Waals surface area contributed by atoms with Crippen LogP contribution in [0.5, 0.6) is 5.75 Å². The van der Waals surface area contributed by atoms with Crippen molar-refractivity contribution in [3.05, 3.63) is 83.1 Å². The normalized spacial score (nSPS) is 12.2. The third-order valence-corrected chi connectivity index (χ3v) is 5.22. The van der Waals surface area contributed by atoms with Gasteiger partial charge in [0, 0.05) is 16.7 Å². The Labute approximate surface area is 150 Å². The van der Waals surface area contributed by atoms with Gasteiger partial charge in [0.05, 0.1) is 11.4 Å². The average molecular weight is 341 g/mol. The van der Waals surface area contributed by atoms with E-state index in [1.165, 1.54) is 11.1 Å². The Morgan fingerprint density at radius 3 is 2.52 bits per heavy atom. The van der Waals surface area contributed by atoms with E-state index in [0.29, 0.717) is 6.61 Å². The van der Waals surface area contributed by atoms with E-state index in [4.69, 9.17) is 9.72 Å². The van der Waals surface area contributed by atoms with Gasteiger partial charge < -0.3 is 4.74 Å². The van der Waals surface area contributed by atoms with Crippen molar-refractivity contribution in [2.24, 2.45) is 0 Å². The molecule has 0 saturated heterocycles. The van der Waals surface area contributed by atoms with Crippen molar-refractivity contribution in [1.82, 2.24) is 4.98 Å². The lowest BCUT2D eigenvalue weighted by Crippen LogP contribution is -2.09. The monoisotopic (exact) mass is 341 g/mol. The zero-order valence-corrected chi connectivity index (χ0v) is 14.3. The topological polar surface area (TPSA) is 22.1 Å². The molecule has 0 aliphatic carbocycles. The number of hydrogen-bond acceptors (Lipinski definition) is 3. The fraction of sp³-hybridized carbons (Fsp3) is 0.0455. The summed E-state index contributed by atoms with van der Waals surface area (Å²) in [5, 5.41) is 4.30. The van der Waals surface area contributed by atoms with Crippen LogP contribution in [-0.2, 0) is 6.61 Å². The maximum Gasteiger partial charge on any atom is 0.129 e. The quantitative estimate of drug-likeness (QED) is 0.444. The third kappa shape index (κ3) is 2.44. The van der Waals surface area contributed by atoms with E-state index in [1.54, 1.807) is 11.3 Å². The molecule has 4 aromatic rings. The highest BCUT2D eigenvalue weighted by Crippen LogP contribution is 2.42. The minimum Gasteiger partial charge on any atom is -0.488 e. The Kier molecular flexibility index (Phi) is 3.39. The van der Waals surface area contributed by atoms with Crippen molar-refractivity contribution in [3.63, 3.8) is 0 Å². The molecule has 3 heterocycles. The van der Waals surface area contributed by atoms with Crippen molar-refractivity contribution < 1.29 is 4.74 Å². The highest BCUT2D eigenvalue weighted by atomic mass is 32.1. The maximum atomic E-state index is 6.00. The third-order valence-electron chi connectivity index (χ3n) is 4.54. The summed E-state index contributed by atoms with van der Waals surface area (Å²) in [6, 6.07) is 22.9. The molecule has 1 aliphatic rings. The van der Waals surface area contributed by atoms with Crippen LogP contribution in [0.4, 0.5) is 0 Å². The number of nitrogens with zero attached hydrogens (tertiary/aromatic N) is 1. The van der Waals surface area contributed by atoms with E-state index in [1.807, 2.05) is 24.3 Å². The highest BCUT2D eigenvalue weighted by molar-refractivity contribution is 7.08. The molecule has 0 saturated carbocycles. The first-order valence-corrected chi connectivity index (χ1v) is 9.18. The molecule has 0 atom stereocenters. The van der Waals surface area contributed by atoms with Crippen LogP contribution < -0.4 is 4.74 Å². The second-order valence-electron chi connectivity index (χ2n) is 6.05. The molecule has 0 unspecified atom stereocenters. The number of hydrogen-bond donors (Lipinski definition) is 0. The predicted molar refractivity (Wildman–Crippen MR) is 103 cm³/mol. The van der Waals surface area contributed by atoms with Crippen LogP contribution >= 0.6 is 11.3 Å². The number of benzene rings is 2. The van der Waals surface area contributed by atoms with Crippen molar-refractivity contribution in [1.29, 1.82) is 0 Å². The van der Waals surface area contributed by atoms with Crippen molar-refractivity contribution in [3.8, 4) is 39.4 Å². The summed E-state index contributed by atoms with van der Waals surface area (Å²) < 4.78 is 6.00. The molecular formula is C22H15NOS. The molecule has 2 aromatic heterocycles. The van der Waals surface area contributed by atoms with Gasteiger partial charge in [0.1, 0.15) is 12.4 Å². The summed E-state index contributed by atoms with van der Waals surface area (Å²) in [6.45, 7) is 0.555. The molecule has 5 rings (SSSR count). The van der Waals surface area contributed by atoms with Gasteiger partial charge in [0.25, 0.3) is 0 Å². The lowest BCUT2D eigenvalue weighted by Gasteiger charge is -2.23. The van der Waals surface area contributed by atoms with Gasteiger partial charge in [-0.1, -0.05) is 42.5 Å². The predicted octanol–water partition coefficient (Wildman–Crippen LogP) is 6.04. The fourth-order valence-electron chi connectivity index (χ4n) is 3.31. The summed E-state index contributed by atoms with van der Waals surface area (Å²) in [5.41, 5.74) is 7.82. The minimum absolute atomic E-state index is 0.555. The lowest BCUT2D eigenvalue weighted by atomic mass is 9.93. The Balaban J connectivity index is 1.81. The molecular weight excluding hydrogens is 326 g/mol. The van der Waals surface area contributed by atoms with E-state index in [2.05, 4.69) is 53.2 Å². The van der Waals surface area contributed by atoms with Gasteiger partial charge in [-0.2, -0.15) is 11.3 Å². The SMILES string of the molecule is c1ccc(-c2cc(-c3ccsc3)c3c(n2)-c2ccccc2OC3)cc1. The Bertz CT molecular complexity index is 1040. The van der Waals surface area contributed by atoms with Crippen LogP contribution in [0.15, 0.2) is 77.5 Å². The molecule has 2 nitrogen and oxygen atoms in total. The first-order chi connectivity index (χ1) is 12.4. The van der Waals surface area contributed by atoms with Crippen LogP contribution in [0.25, 0.3) is 33.6 Å². The second-order valence-corrected chi connectivity index (χ2v) is 6.83. The standard InChI is InChI=1S/C22H15NOS/c1-2-6-15(7-3-1)20-12-18(16-10-11-25-14-16)19-13-24-21-9-5-4-8-17(21)22(19)23-20/h1-12,14H,13H2. The summed E-state index contributed by atoms with van der Waals surface area (Å²) in [6.07, 6.45) is 0. The van der Waals surface area contributed by atoms with Gasteiger partial charge in [0.15, 0.2) is 0 Å². The van der Waals surface area contributed by atoms with Crippen LogP contribution in [0.1, 0.15) is 5.56 Å². The number of rotatable bonds is 2. The van der Waals surface area contributed by atoms with E-state index in [0.717, 1.165) is 33.8 Å². The van der Waals surface area contributed by atoms with Crippen molar-refractivity contribution in [2.75, 3.05) is 0 Å². The van der Waals surface area contributed by atoms with Crippen molar-refractivity contribution >= 4 is 11.3 Å². The number of thiophene rings is 1. The Morgan fingerprint density at radius 2 is 1.68 bits per heavy atom. The van der Waals surface area contributed by atoms with Gasteiger partial charge in [-0.15, -0.1) is 0 Å². The van der Waals surface area contributed by atoms with Crippen LogP contribution in [0, 0.1) is 0 Å². The van der Waals surface area contributed by atoms with Gasteiger partial charge in [-0.05, 0) is 46.2 Å².